The molecule has 0 aliphatic carbocycles. The van der Waals surface area contributed by atoms with E-state index >= 15 is 0 Å². The van der Waals surface area contributed by atoms with E-state index in [2.05, 4.69) is 21.1 Å². The number of carbonyl (C=O) groups is 4. The molecule has 0 saturated carbocycles. The zero-order valence-electron chi connectivity index (χ0n) is 16.6. The Kier molecular flexibility index (Phi) is 6.95. The van der Waals surface area contributed by atoms with Crippen molar-refractivity contribution in [1.82, 2.24) is 21.1 Å². The van der Waals surface area contributed by atoms with Crippen molar-refractivity contribution in [2.75, 3.05) is 6.54 Å². The molecule has 9 nitrogen and oxygen atoms in total. The lowest BCUT2D eigenvalue weighted by Gasteiger charge is -2.21. The third kappa shape index (κ3) is 5.53. The first-order chi connectivity index (χ1) is 14.5. The van der Waals surface area contributed by atoms with Crippen molar-refractivity contribution in [1.29, 1.82) is 0 Å². The third-order valence-corrected chi connectivity index (χ3v) is 4.96. The van der Waals surface area contributed by atoms with Crippen LogP contribution in [0.15, 0.2) is 40.9 Å². The first-order valence-corrected chi connectivity index (χ1v) is 9.77. The maximum Gasteiger partial charge on any atom is 0.274 e. The number of hydrogen-bond acceptors (Lipinski definition) is 6. The van der Waals surface area contributed by atoms with E-state index < -0.39 is 23.9 Å². The van der Waals surface area contributed by atoms with Crippen molar-refractivity contribution >= 4 is 24.0 Å². The largest absolute Gasteiger partial charge is 0.361 e. The monoisotopic (exact) mass is 412 g/mol. The first kappa shape index (κ1) is 21.2. The molecule has 3 rings (SSSR count). The molecule has 3 N–H and O–H groups in total. The molecule has 1 aromatic carbocycles. The number of rotatable bonds is 9. The van der Waals surface area contributed by atoms with Crippen LogP contribution < -0.4 is 16.0 Å². The van der Waals surface area contributed by atoms with E-state index in [-0.39, 0.29) is 30.4 Å². The molecule has 3 amide bonds. The minimum Gasteiger partial charge on any atom is -0.361 e. The summed E-state index contributed by atoms with van der Waals surface area (Å²) >= 11 is 0. The number of benzene rings is 1. The number of nitrogens with zero attached hydrogens (tertiary/aromatic N) is 1. The summed E-state index contributed by atoms with van der Waals surface area (Å²) < 4.78 is 4.92. The molecular weight excluding hydrogens is 388 g/mol. The van der Waals surface area contributed by atoms with Crippen LogP contribution in [-0.2, 0) is 20.8 Å². The Balaban J connectivity index is 1.70. The molecule has 9 heteroatoms. The Hall–Kier alpha value is -3.49. The van der Waals surface area contributed by atoms with Crippen LogP contribution in [0.5, 0.6) is 0 Å². The zero-order valence-corrected chi connectivity index (χ0v) is 16.6. The van der Waals surface area contributed by atoms with Gasteiger partial charge < -0.3 is 25.3 Å². The number of nitrogens with one attached hydrogen (secondary N) is 3. The number of aldehydes is 1. The number of carbonyl (C=O) groups excluding carboxylic acids is 4. The molecule has 1 fully saturated rings. The van der Waals surface area contributed by atoms with Gasteiger partial charge in [-0.1, -0.05) is 35.5 Å². The maximum atomic E-state index is 12.9. The van der Waals surface area contributed by atoms with Crippen molar-refractivity contribution in [2.24, 2.45) is 5.92 Å². The molecule has 1 unspecified atom stereocenters. The Morgan fingerprint density at radius 1 is 1.30 bits per heavy atom. The summed E-state index contributed by atoms with van der Waals surface area (Å²) in [5.74, 6) is -1.03. The van der Waals surface area contributed by atoms with Crippen molar-refractivity contribution in [3.05, 3.63) is 53.4 Å². The van der Waals surface area contributed by atoms with E-state index in [0.29, 0.717) is 25.0 Å². The molecule has 1 saturated heterocycles. The first-order valence-electron chi connectivity index (χ1n) is 9.77. The van der Waals surface area contributed by atoms with Crippen LogP contribution in [0.1, 0.15) is 34.7 Å². The second-order valence-corrected chi connectivity index (χ2v) is 7.30. The molecule has 0 spiro atoms. The molecule has 158 valence electrons. The van der Waals surface area contributed by atoms with Crippen molar-refractivity contribution < 1.29 is 23.7 Å². The minimum absolute atomic E-state index is 0.0629. The zero-order chi connectivity index (χ0) is 21.5. The van der Waals surface area contributed by atoms with Crippen molar-refractivity contribution in [2.45, 2.75) is 38.3 Å². The predicted octanol–water partition coefficient (Wildman–Crippen LogP) is 0.534. The summed E-state index contributed by atoms with van der Waals surface area (Å²) in [5.41, 5.74) is 0.903. The lowest BCUT2D eigenvalue weighted by molar-refractivity contribution is -0.127. The Morgan fingerprint density at radius 2 is 2.07 bits per heavy atom. The average Bonchev–Trinajstić information content (AvgIpc) is 3.35. The van der Waals surface area contributed by atoms with Crippen LogP contribution in [0.3, 0.4) is 0 Å². The van der Waals surface area contributed by atoms with Gasteiger partial charge in [-0.3, -0.25) is 14.4 Å². The van der Waals surface area contributed by atoms with Crippen molar-refractivity contribution in [3.8, 4) is 0 Å². The summed E-state index contributed by atoms with van der Waals surface area (Å²) in [6.45, 7) is 2.22. The summed E-state index contributed by atoms with van der Waals surface area (Å²) in [7, 11) is 0. The number of aryl methyl sites for hydroxylation is 1. The van der Waals surface area contributed by atoms with Gasteiger partial charge in [0, 0.05) is 24.9 Å². The van der Waals surface area contributed by atoms with Crippen LogP contribution in [0.25, 0.3) is 0 Å². The lowest BCUT2D eigenvalue weighted by atomic mass is 9.98. The number of hydrogen-bond donors (Lipinski definition) is 3. The molecule has 30 heavy (non-hydrogen) atoms. The molecule has 1 aliphatic heterocycles. The molecule has 0 radical (unpaired) electrons. The summed E-state index contributed by atoms with van der Waals surface area (Å²) in [6.07, 6.45) is 1.68. The summed E-state index contributed by atoms with van der Waals surface area (Å²) in [4.78, 5) is 48.7. The van der Waals surface area contributed by atoms with Gasteiger partial charge in [-0.2, -0.15) is 0 Å². The average molecular weight is 412 g/mol. The van der Waals surface area contributed by atoms with Gasteiger partial charge in [-0.15, -0.1) is 0 Å². The normalized spacial score (nSPS) is 17.6. The SMILES string of the molecule is Cc1cc(C(=O)N[C@@H](Cc2ccccc2)C(=O)NC(C=O)C[C@@H]2CCNC2=O)no1. The van der Waals surface area contributed by atoms with E-state index in [1.165, 1.54) is 6.07 Å². The highest BCUT2D eigenvalue weighted by atomic mass is 16.5. The summed E-state index contributed by atoms with van der Waals surface area (Å²) in [5, 5.41) is 11.7. The maximum absolute atomic E-state index is 12.9. The Bertz CT molecular complexity index is 911. The van der Waals surface area contributed by atoms with Gasteiger partial charge in [0.2, 0.25) is 11.8 Å². The van der Waals surface area contributed by atoms with Crippen LogP contribution >= 0.6 is 0 Å². The van der Waals surface area contributed by atoms with Crippen LogP contribution in [0.4, 0.5) is 0 Å². The Labute approximate surface area is 173 Å². The van der Waals surface area contributed by atoms with E-state index in [0.717, 1.165) is 5.56 Å². The summed E-state index contributed by atoms with van der Waals surface area (Å²) in [6, 6.07) is 8.91. The Morgan fingerprint density at radius 3 is 2.67 bits per heavy atom. The fourth-order valence-corrected chi connectivity index (χ4v) is 3.37. The highest BCUT2D eigenvalue weighted by Gasteiger charge is 2.30. The van der Waals surface area contributed by atoms with E-state index in [9.17, 15) is 19.2 Å². The van der Waals surface area contributed by atoms with Gasteiger partial charge in [-0.05, 0) is 25.3 Å². The van der Waals surface area contributed by atoms with Gasteiger partial charge in [0.25, 0.3) is 5.91 Å². The highest BCUT2D eigenvalue weighted by molar-refractivity contribution is 5.96. The van der Waals surface area contributed by atoms with Gasteiger partial charge in [0.1, 0.15) is 18.1 Å². The topological polar surface area (TPSA) is 130 Å². The van der Waals surface area contributed by atoms with E-state index in [1.54, 1.807) is 6.92 Å². The van der Waals surface area contributed by atoms with E-state index in [4.69, 9.17) is 4.52 Å². The van der Waals surface area contributed by atoms with Crippen LogP contribution in [0.2, 0.25) is 0 Å². The second kappa shape index (κ2) is 9.82. The fourth-order valence-electron chi connectivity index (χ4n) is 3.37. The smallest absolute Gasteiger partial charge is 0.274 e. The molecule has 1 aliphatic rings. The highest BCUT2D eigenvalue weighted by Crippen LogP contribution is 2.16. The minimum atomic E-state index is -0.934. The fraction of sp³-hybridized carbons (Fsp3) is 0.381. The quantitative estimate of drug-likeness (QED) is 0.515. The molecule has 0 bridgehead atoms. The standard InChI is InChI=1S/C21H24N4O5/c1-13-9-18(25-30-13)21(29)24-17(10-14-5-3-2-4-6-14)20(28)23-16(12-26)11-15-7-8-22-19(15)27/h2-6,9,12,15-17H,7-8,10-11H2,1H3,(H,22,27)(H,23,28)(H,24,29)/t15-,16?,17-/m0/s1. The number of aromatic nitrogens is 1. The van der Waals surface area contributed by atoms with Crippen molar-refractivity contribution in [3.63, 3.8) is 0 Å². The van der Waals surface area contributed by atoms with E-state index in [1.807, 2.05) is 30.3 Å². The molecule has 2 aromatic rings. The predicted molar refractivity (Wildman–Crippen MR) is 106 cm³/mol. The number of amides is 3. The van der Waals surface area contributed by atoms with Gasteiger partial charge >= 0.3 is 0 Å². The van der Waals surface area contributed by atoms with Gasteiger partial charge in [0.15, 0.2) is 5.69 Å². The van der Waals surface area contributed by atoms with Crippen LogP contribution in [-0.4, -0.2) is 47.8 Å². The molecule has 1 aromatic heterocycles. The molecule has 2 heterocycles. The third-order valence-electron chi connectivity index (χ3n) is 4.96. The lowest BCUT2D eigenvalue weighted by Crippen LogP contribution is -2.51. The molecule has 3 atom stereocenters. The van der Waals surface area contributed by atoms with Gasteiger partial charge in [-0.25, -0.2) is 0 Å². The molecular formula is C21H24N4O5. The second-order valence-electron chi connectivity index (χ2n) is 7.30. The van der Waals surface area contributed by atoms with Gasteiger partial charge in [0.05, 0.1) is 6.04 Å². The van der Waals surface area contributed by atoms with Crippen LogP contribution in [0, 0.1) is 12.8 Å².